The molecule has 11 nitrogen and oxygen atoms in total. The van der Waals surface area contributed by atoms with Crippen LogP contribution in [0.3, 0.4) is 0 Å². The maximum absolute atomic E-state index is 15.3. The summed E-state index contributed by atoms with van der Waals surface area (Å²) in [7, 11) is 0. The summed E-state index contributed by atoms with van der Waals surface area (Å²) in [6.45, 7) is -0.233. The van der Waals surface area contributed by atoms with Gasteiger partial charge in [-0.25, -0.2) is 13.8 Å². The van der Waals surface area contributed by atoms with E-state index in [1.54, 1.807) is 30.6 Å². The highest BCUT2D eigenvalue weighted by molar-refractivity contribution is 5.97. The van der Waals surface area contributed by atoms with E-state index in [1.165, 1.54) is 54.9 Å². The lowest BCUT2D eigenvalue weighted by Crippen LogP contribution is -2.27. The Kier molecular flexibility index (Phi) is 7.84. The van der Waals surface area contributed by atoms with Crippen molar-refractivity contribution in [2.45, 2.75) is 12.5 Å². The summed E-state index contributed by atoms with van der Waals surface area (Å²) in [6, 6.07) is 15.0. The van der Waals surface area contributed by atoms with Gasteiger partial charge in [-0.15, -0.1) is 0 Å². The predicted molar refractivity (Wildman–Crippen MR) is 156 cm³/mol. The monoisotopic (exact) mass is 595 g/mol. The van der Waals surface area contributed by atoms with Crippen molar-refractivity contribution < 1.29 is 23.4 Å². The van der Waals surface area contributed by atoms with Crippen molar-refractivity contribution in [2.24, 2.45) is 0 Å². The Hall–Kier alpha value is -5.82. The van der Waals surface area contributed by atoms with E-state index in [0.717, 1.165) is 16.3 Å². The number of Topliss-reactive ketones (excluding diaryl/α,β-unsaturated/α-hetero) is 1. The molecule has 0 saturated carbocycles. The molecule has 1 unspecified atom stereocenters. The number of nitrogens with one attached hydrogen (secondary N) is 2. The van der Waals surface area contributed by atoms with Crippen LogP contribution >= 0.6 is 0 Å². The number of ether oxygens (including phenoxy) is 1. The smallest absolute Gasteiger partial charge is 0.282 e. The highest BCUT2D eigenvalue weighted by Gasteiger charge is 2.20. The number of ketones is 1. The number of aromatic nitrogens is 6. The summed E-state index contributed by atoms with van der Waals surface area (Å²) >= 11 is 0. The van der Waals surface area contributed by atoms with Gasteiger partial charge in [0.25, 0.3) is 5.56 Å². The van der Waals surface area contributed by atoms with Gasteiger partial charge in [0.15, 0.2) is 28.8 Å². The van der Waals surface area contributed by atoms with Gasteiger partial charge in [0.1, 0.15) is 17.0 Å². The van der Waals surface area contributed by atoms with Gasteiger partial charge in [0, 0.05) is 37.3 Å². The van der Waals surface area contributed by atoms with Gasteiger partial charge in [0.05, 0.1) is 23.9 Å². The zero-order chi connectivity index (χ0) is 30.6. The zero-order valence-corrected chi connectivity index (χ0v) is 22.8. The standard InChI is InChI=1S/C31H23F2N7O4/c32-20-2-4-21(5-3-20)40-31(43)22(9-14-36-40)25(42)16-18-1-6-26(23(33)15-18)44-27-10-13-35-29-28(27)30(39-38-29)37-24(17-41)19-7-11-34-12-8-19/h1-15,24,41H,16-17H2,(H2,35,37,38,39). The van der Waals surface area contributed by atoms with Crippen molar-refractivity contribution in [1.29, 1.82) is 0 Å². The lowest BCUT2D eigenvalue weighted by molar-refractivity contribution is 0.0991. The molecule has 0 aliphatic rings. The molecular formula is C31H23F2N7O4. The number of carbonyl (C=O) groups is 1. The van der Waals surface area contributed by atoms with Crippen LogP contribution in [0.15, 0.2) is 96.3 Å². The van der Waals surface area contributed by atoms with Crippen LogP contribution in [0.25, 0.3) is 16.7 Å². The summed E-state index contributed by atoms with van der Waals surface area (Å²) in [4.78, 5) is 34.2. The fourth-order valence-corrected chi connectivity index (χ4v) is 4.63. The Bertz CT molecular complexity index is 2010. The normalized spacial score (nSPS) is 11.8. The SMILES string of the molecule is O=C(Cc1ccc(Oc2ccnc3[nH]nc(NC(CO)c4ccncc4)c23)c(F)c1)c1ccnn(-c2ccc(F)cc2)c1=O. The van der Waals surface area contributed by atoms with Crippen LogP contribution in [0.4, 0.5) is 14.6 Å². The Morgan fingerprint density at radius 3 is 2.52 bits per heavy atom. The number of H-pyrrole nitrogens is 1. The Balaban J connectivity index is 1.22. The van der Waals surface area contributed by atoms with Crippen molar-refractivity contribution in [1.82, 2.24) is 29.9 Å². The van der Waals surface area contributed by atoms with Gasteiger partial charge < -0.3 is 15.2 Å². The van der Waals surface area contributed by atoms with Gasteiger partial charge >= 0.3 is 0 Å². The molecule has 220 valence electrons. The molecule has 0 saturated heterocycles. The van der Waals surface area contributed by atoms with Crippen LogP contribution in [-0.2, 0) is 6.42 Å². The number of aromatic amines is 1. The molecule has 0 radical (unpaired) electrons. The molecule has 44 heavy (non-hydrogen) atoms. The molecule has 6 aromatic rings. The second kappa shape index (κ2) is 12.2. The lowest BCUT2D eigenvalue weighted by atomic mass is 10.0. The number of carbonyl (C=O) groups excluding carboxylic acids is 1. The maximum atomic E-state index is 15.3. The Morgan fingerprint density at radius 2 is 1.77 bits per heavy atom. The van der Waals surface area contributed by atoms with Gasteiger partial charge in [-0.1, -0.05) is 6.07 Å². The average molecular weight is 596 g/mol. The van der Waals surface area contributed by atoms with Crippen molar-refractivity contribution in [3.63, 3.8) is 0 Å². The van der Waals surface area contributed by atoms with E-state index in [1.807, 2.05) is 0 Å². The fourth-order valence-electron chi connectivity index (χ4n) is 4.63. The molecule has 0 aliphatic carbocycles. The third-order valence-corrected chi connectivity index (χ3v) is 6.82. The molecule has 6 rings (SSSR count). The first-order chi connectivity index (χ1) is 21.4. The number of aliphatic hydroxyl groups excluding tert-OH is 1. The molecule has 1 atom stereocenters. The minimum atomic E-state index is -0.735. The zero-order valence-electron chi connectivity index (χ0n) is 22.8. The fraction of sp³-hybridized carbons (Fsp3) is 0.0968. The lowest BCUT2D eigenvalue weighted by Gasteiger charge is -2.17. The Morgan fingerprint density at radius 1 is 0.977 bits per heavy atom. The third-order valence-electron chi connectivity index (χ3n) is 6.82. The second-order valence-corrected chi connectivity index (χ2v) is 9.67. The number of fused-ring (bicyclic) bond motifs is 1. The highest BCUT2D eigenvalue weighted by atomic mass is 19.1. The van der Waals surface area contributed by atoms with Crippen molar-refractivity contribution in [3.8, 4) is 17.2 Å². The molecule has 0 aliphatic heterocycles. The molecule has 2 aromatic carbocycles. The van der Waals surface area contributed by atoms with E-state index >= 15 is 4.39 Å². The van der Waals surface area contributed by atoms with Crippen molar-refractivity contribution in [2.75, 3.05) is 11.9 Å². The van der Waals surface area contributed by atoms with E-state index < -0.39 is 29.0 Å². The van der Waals surface area contributed by atoms with E-state index in [0.29, 0.717) is 28.1 Å². The van der Waals surface area contributed by atoms with Gasteiger partial charge in [0.2, 0.25) is 0 Å². The molecule has 13 heteroatoms. The molecule has 4 aromatic heterocycles. The maximum Gasteiger partial charge on any atom is 0.282 e. The molecule has 0 spiro atoms. The number of aliphatic hydroxyl groups is 1. The molecular weight excluding hydrogens is 572 g/mol. The average Bonchev–Trinajstić information content (AvgIpc) is 3.46. The summed E-state index contributed by atoms with van der Waals surface area (Å²) < 4.78 is 35.5. The van der Waals surface area contributed by atoms with Crippen LogP contribution in [0, 0.1) is 11.6 Å². The molecule has 0 amide bonds. The number of benzene rings is 2. The van der Waals surface area contributed by atoms with E-state index in [-0.39, 0.29) is 30.1 Å². The molecule has 4 heterocycles. The Labute approximate surface area is 247 Å². The largest absolute Gasteiger partial charge is 0.453 e. The third kappa shape index (κ3) is 5.76. The minimum absolute atomic E-state index is 0.115. The number of nitrogens with zero attached hydrogens (tertiary/aromatic N) is 5. The van der Waals surface area contributed by atoms with Crippen LogP contribution in [0.1, 0.15) is 27.5 Å². The number of anilines is 1. The molecule has 3 N–H and O–H groups in total. The quantitative estimate of drug-likeness (QED) is 0.194. The van der Waals surface area contributed by atoms with E-state index in [2.05, 4.69) is 30.6 Å². The number of halogens is 2. The summed E-state index contributed by atoms with van der Waals surface area (Å²) in [5.41, 5.74) is 0.951. The van der Waals surface area contributed by atoms with Crippen molar-refractivity contribution in [3.05, 3.63) is 130 Å². The summed E-state index contributed by atoms with van der Waals surface area (Å²) in [6.07, 6.45) is 5.74. The van der Waals surface area contributed by atoms with Crippen LogP contribution in [0.2, 0.25) is 0 Å². The van der Waals surface area contributed by atoms with Crippen LogP contribution < -0.4 is 15.6 Å². The topological polar surface area (TPSA) is 148 Å². The summed E-state index contributed by atoms with van der Waals surface area (Å²) in [5, 5.41) is 24.6. The van der Waals surface area contributed by atoms with Crippen molar-refractivity contribution >= 4 is 22.6 Å². The van der Waals surface area contributed by atoms with Gasteiger partial charge in [-0.3, -0.25) is 19.7 Å². The number of hydrogen-bond donors (Lipinski definition) is 3. The highest BCUT2D eigenvalue weighted by Crippen LogP contribution is 2.35. The van der Waals surface area contributed by atoms with Gasteiger partial charge in [-0.05, 0) is 65.7 Å². The van der Waals surface area contributed by atoms with E-state index in [4.69, 9.17) is 4.74 Å². The number of hydrogen-bond acceptors (Lipinski definition) is 9. The predicted octanol–water partition coefficient (Wildman–Crippen LogP) is 4.54. The van der Waals surface area contributed by atoms with Gasteiger partial charge in [-0.2, -0.15) is 14.9 Å². The summed E-state index contributed by atoms with van der Waals surface area (Å²) in [5.74, 6) is -1.28. The first-order valence-electron chi connectivity index (χ1n) is 13.4. The second-order valence-electron chi connectivity index (χ2n) is 9.67. The molecule has 0 bridgehead atoms. The van der Waals surface area contributed by atoms with E-state index in [9.17, 15) is 19.1 Å². The number of rotatable bonds is 10. The van der Waals surface area contributed by atoms with Crippen LogP contribution in [0.5, 0.6) is 11.5 Å². The first-order valence-corrected chi connectivity index (χ1v) is 13.4. The number of pyridine rings is 2. The first kappa shape index (κ1) is 28.3. The molecule has 0 fully saturated rings. The minimum Gasteiger partial charge on any atom is -0.453 e. The van der Waals surface area contributed by atoms with Crippen LogP contribution in [-0.4, -0.2) is 47.4 Å².